The number of esters is 1. The van der Waals surface area contributed by atoms with Crippen LogP contribution >= 0.6 is 0 Å². The van der Waals surface area contributed by atoms with Gasteiger partial charge in [-0.3, -0.25) is 4.79 Å². The Hall–Kier alpha value is -1.55. The Morgan fingerprint density at radius 3 is 2.62 bits per heavy atom. The van der Waals surface area contributed by atoms with Crippen LogP contribution in [0.3, 0.4) is 0 Å². The van der Waals surface area contributed by atoms with Crippen LogP contribution in [0.1, 0.15) is 45.1 Å². The van der Waals surface area contributed by atoms with E-state index in [2.05, 4.69) is 25.2 Å². The molecule has 0 saturated carbocycles. The fourth-order valence-electron chi connectivity index (χ4n) is 2.22. The first-order valence-corrected chi connectivity index (χ1v) is 7.66. The third-order valence-electron chi connectivity index (χ3n) is 3.66. The molecule has 118 valence electrons. The van der Waals surface area contributed by atoms with Gasteiger partial charge in [0.1, 0.15) is 11.8 Å². The minimum absolute atomic E-state index is 0.240. The molecule has 1 aromatic rings. The summed E-state index contributed by atoms with van der Waals surface area (Å²) in [5.41, 5.74) is 1.22. The summed E-state index contributed by atoms with van der Waals surface area (Å²) in [4.78, 5) is 11.6. The number of hydrogen-bond acceptors (Lipinski definition) is 4. The van der Waals surface area contributed by atoms with E-state index in [0.29, 0.717) is 18.9 Å². The number of rotatable bonds is 9. The Kier molecular flexibility index (Phi) is 7.83. The van der Waals surface area contributed by atoms with Crippen molar-refractivity contribution < 1.29 is 14.3 Å². The number of carbonyl (C=O) groups excluding carboxylic acids is 1. The van der Waals surface area contributed by atoms with E-state index in [4.69, 9.17) is 9.47 Å². The molecule has 0 spiro atoms. The van der Waals surface area contributed by atoms with E-state index in [1.807, 2.05) is 25.1 Å². The lowest BCUT2D eigenvalue weighted by atomic mass is 9.98. The van der Waals surface area contributed by atoms with Crippen LogP contribution in [0.25, 0.3) is 0 Å². The molecule has 0 aliphatic rings. The molecule has 1 N–H and O–H groups in total. The summed E-state index contributed by atoms with van der Waals surface area (Å²) in [6.07, 6.45) is 1.66. The third-order valence-corrected chi connectivity index (χ3v) is 3.66. The molecule has 0 fully saturated rings. The summed E-state index contributed by atoms with van der Waals surface area (Å²) in [5.74, 6) is 1.13. The van der Waals surface area contributed by atoms with Gasteiger partial charge in [-0.2, -0.15) is 0 Å². The highest BCUT2D eigenvalue weighted by Gasteiger charge is 2.18. The van der Waals surface area contributed by atoms with Crippen molar-refractivity contribution in [3.05, 3.63) is 29.8 Å². The molecule has 4 nitrogen and oxygen atoms in total. The lowest BCUT2D eigenvalue weighted by Crippen LogP contribution is -2.38. The van der Waals surface area contributed by atoms with Crippen molar-refractivity contribution in [2.24, 2.45) is 0 Å². The fraction of sp³-hybridized carbons (Fsp3) is 0.588. The highest BCUT2D eigenvalue weighted by molar-refractivity contribution is 5.75. The molecule has 0 aliphatic heterocycles. The average molecular weight is 293 g/mol. The van der Waals surface area contributed by atoms with E-state index in [-0.39, 0.29) is 12.0 Å². The molecule has 2 unspecified atom stereocenters. The first kappa shape index (κ1) is 17.5. The molecular formula is C17H27NO3. The number of nitrogens with one attached hydrogen (secondary N) is 1. The molecular weight excluding hydrogens is 266 g/mol. The Morgan fingerprint density at radius 2 is 2.00 bits per heavy atom. The SMILES string of the molecule is CCNC(CCOc1ccccc1C(C)CC)C(=O)OC. The minimum Gasteiger partial charge on any atom is -0.493 e. The van der Waals surface area contributed by atoms with E-state index in [9.17, 15) is 4.79 Å². The predicted molar refractivity (Wildman–Crippen MR) is 84.7 cm³/mol. The first-order chi connectivity index (χ1) is 10.1. The van der Waals surface area contributed by atoms with Crippen LogP contribution in [-0.2, 0) is 9.53 Å². The van der Waals surface area contributed by atoms with Gasteiger partial charge in [-0.1, -0.05) is 39.0 Å². The van der Waals surface area contributed by atoms with Gasteiger partial charge in [0.2, 0.25) is 0 Å². The maximum absolute atomic E-state index is 11.6. The van der Waals surface area contributed by atoms with Crippen molar-refractivity contribution in [2.45, 2.75) is 45.6 Å². The normalized spacial score (nSPS) is 13.5. The fourth-order valence-corrected chi connectivity index (χ4v) is 2.22. The highest BCUT2D eigenvalue weighted by Crippen LogP contribution is 2.28. The largest absolute Gasteiger partial charge is 0.493 e. The van der Waals surface area contributed by atoms with Gasteiger partial charge >= 0.3 is 5.97 Å². The monoisotopic (exact) mass is 293 g/mol. The van der Waals surface area contributed by atoms with Crippen molar-refractivity contribution in [1.29, 1.82) is 0 Å². The standard InChI is InChI=1S/C17H27NO3/c1-5-13(3)14-9-7-8-10-16(14)21-12-11-15(18-6-2)17(19)20-4/h7-10,13,15,18H,5-6,11-12H2,1-4H3. The molecule has 1 aromatic carbocycles. The molecule has 0 saturated heterocycles. The van der Waals surface area contributed by atoms with E-state index in [0.717, 1.165) is 18.7 Å². The summed E-state index contributed by atoms with van der Waals surface area (Å²) in [7, 11) is 1.41. The molecule has 1 rings (SSSR count). The Bertz CT molecular complexity index is 434. The number of benzene rings is 1. The van der Waals surface area contributed by atoms with Crippen LogP contribution in [0, 0.1) is 0 Å². The highest BCUT2D eigenvalue weighted by atomic mass is 16.5. The molecule has 0 bridgehead atoms. The zero-order valence-corrected chi connectivity index (χ0v) is 13.5. The second-order valence-electron chi connectivity index (χ2n) is 5.12. The van der Waals surface area contributed by atoms with E-state index >= 15 is 0 Å². The smallest absolute Gasteiger partial charge is 0.322 e. The number of methoxy groups -OCH3 is 1. The zero-order valence-electron chi connectivity index (χ0n) is 13.5. The summed E-state index contributed by atoms with van der Waals surface area (Å²) in [5, 5.41) is 3.11. The maximum Gasteiger partial charge on any atom is 0.322 e. The average Bonchev–Trinajstić information content (AvgIpc) is 2.53. The Morgan fingerprint density at radius 1 is 1.29 bits per heavy atom. The van der Waals surface area contributed by atoms with Crippen LogP contribution in [0.15, 0.2) is 24.3 Å². The van der Waals surface area contributed by atoms with Crippen molar-refractivity contribution in [2.75, 3.05) is 20.3 Å². The van der Waals surface area contributed by atoms with Crippen LogP contribution in [0.2, 0.25) is 0 Å². The summed E-state index contributed by atoms with van der Waals surface area (Å²) >= 11 is 0. The Labute approximate surface area is 127 Å². The summed E-state index contributed by atoms with van der Waals surface area (Å²) in [6, 6.07) is 7.79. The zero-order chi connectivity index (χ0) is 15.7. The number of likely N-dealkylation sites (N-methyl/N-ethyl adjacent to an activating group) is 1. The van der Waals surface area contributed by atoms with Crippen molar-refractivity contribution >= 4 is 5.97 Å². The molecule has 0 radical (unpaired) electrons. The van der Waals surface area contributed by atoms with Gasteiger partial charge in [0.25, 0.3) is 0 Å². The Balaban J connectivity index is 2.60. The molecule has 0 heterocycles. The van der Waals surface area contributed by atoms with E-state index < -0.39 is 0 Å². The van der Waals surface area contributed by atoms with Gasteiger partial charge in [-0.25, -0.2) is 0 Å². The van der Waals surface area contributed by atoms with Crippen molar-refractivity contribution in [1.82, 2.24) is 5.32 Å². The second kappa shape index (κ2) is 9.40. The molecule has 2 atom stereocenters. The predicted octanol–water partition coefficient (Wildman–Crippen LogP) is 3.12. The topological polar surface area (TPSA) is 47.6 Å². The van der Waals surface area contributed by atoms with Gasteiger partial charge in [-0.05, 0) is 30.5 Å². The molecule has 0 amide bonds. The number of hydrogen-bond donors (Lipinski definition) is 1. The van der Waals surface area contributed by atoms with E-state index in [1.54, 1.807) is 0 Å². The molecule has 0 aliphatic carbocycles. The molecule has 21 heavy (non-hydrogen) atoms. The molecule has 0 aromatic heterocycles. The quantitative estimate of drug-likeness (QED) is 0.711. The summed E-state index contributed by atoms with van der Waals surface area (Å²) in [6.45, 7) is 7.54. The minimum atomic E-state index is -0.309. The lowest BCUT2D eigenvalue weighted by Gasteiger charge is -2.18. The van der Waals surface area contributed by atoms with E-state index in [1.165, 1.54) is 12.7 Å². The number of para-hydroxylation sites is 1. The van der Waals surface area contributed by atoms with Gasteiger partial charge < -0.3 is 14.8 Å². The van der Waals surface area contributed by atoms with Gasteiger partial charge in [-0.15, -0.1) is 0 Å². The van der Waals surface area contributed by atoms with Crippen LogP contribution in [0.4, 0.5) is 0 Å². The lowest BCUT2D eigenvalue weighted by molar-refractivity contribution is -0.143. The van der Waals surface area contributed by atoms with Crippen molar-refractivity contribution in [3.8, 4) is 5.75 Å². The van der Waals surface area contributed by atoms with Gasteiger partial charge in [0, 0.05) is 6.42 Å². The maximum atomic E-state index is 11.6. The number of ether oxygens (including phenoxy) is 2. The third kappa shape index (κ3) is 5.38. The van der Waals surface area contributed by atoms with Crippen LogP contribution in [0.5, 0.6) is 5.75 Å². The first-order valence-electron chi connectivity index (χ1n) is 7.66. The van der Waals surface area contributed by atoms with Crippen molar-refractivity contribution in [3.63, 3.8) is 0 Å². The van der Waals surface area contributed by atoms with Gasteiger partial charge in [0.05, 0.1) is 13.7 Å². The number of carbonyl (C=O) groups is 1. The van der Waals surface area contributed by atoms with Crippen LogP contribution in [-0.4, -0.2) is 32.3 Å². The second-order valence-corrected chi connectivity index (χ2v) is 5.12. The molecule has 4 heteroatoms. The van der Waals surface area contributed by atoms with Gasteiger partial charge in [0.15, 0.2) is 0 Å². The van der Waals surface area contributed by atoms with Crippen LogP contribution < -0.4 is 10.1 Å². The summed E-state index contributed by atoms with van der Waals surface area (Å²) < 4.78 is 10.7.